The summed E-state index contributed by atoms with van der Waals surface area (Å²) in [5.41, 5.74) is 7.29. The van der Waals surface area contributed by atoms with Crippen LogP contribution in [0.3, 0.4) is 0 Å². The van der Waals surface area contributed by atoms with Crippen molar-refractivity contribution in [3.8, 4) is 11.5 Å². The van der Waals surface area contributed by atoms with E-state index in [1.807, 2.05) is 32.0 Å². The molecule has 0 unspecified atom stereocenters. The molecular formula is C14H16ClN3O2. The number of nitrogens with one attached hydrogen (secondary N) is 1. The normalized spacial score (nSPS) is 14.5. The molecule has 0 atom stereocenters. The summed E-state index contributed by atoms with van der Waals surface area (Å²) in [6.07, 6.45) is 1.69. The third kappa shape index (κ3) is 2.72. The molecule has 6 heteroatoms. The van der Waals surface area contributed by atoms with Gasteiger partial charge in [-0.25, -0.2) is 4.98 Å². The third-order valence-corrected chi connectivity index (χ3v) is 2.76. The lowest BCUT2D eigenvalue weighted by atomic mass is 10.2. The van der Waals surface area contributed by atoms with E-state index in [-0.39, 0.29) is 12.4 Å². The second-order valence-corrected chi connectivity index (χ2v) is 4.83. The molecule has 0 spiro atoms. The fourth-order valence-corrected chi connectivity index (χ4v) is 1.96. The first kappa shape index (κ1) is 14.3. The summed E-state index contributed by atoms with van der Waals surface area (Å²) in [7, 11) is 0. The minimum Gasteiger partial charge on any atom is -0.449 e. The number of hydrogen-bond acceptors (Lipinski definition) is 5. The van der Waals surface area contributed by atoms with Crippen molar-refractivity contribution in [2.45, 2.75) is 19.6 Å². The summed E-state index contributed by atoms with van der Waals surface area (Å²) in [5, 5.41) is 3.16. The Morgan fingerprint density at radius 1 is 1.15 bits per heavy atom. The van der Waals surface area contributed by atoms with Crippen LogP contribution in [-0.4, -0.2) is 10.8 Å². The molecule has 5 nitrogen and oxygen atoms in total. The van der Waals surface area contributed by atoms with Gasteiger partial charge in [0.25, 0.3) is 0 Å². The Balaban J connectivity index is 0.00000147. The van der Waals surface area contributed by atoms with Gasteiger partial charge in [0.05, 0.1) is 5.69 Å². The van der Waals surface area contributed by atoms with Crippen molar-refractivity contribution in [1.29, 1.82) is 0 Å². The zero-order chi connectivity index (χ0) is 13.5. The van der Waals surface area contributed by atoms with Gasteiger partial charge in [-0.1, -0.05) is 0 Å². The fraction of sp³-hybridized carbons (Fsp3) is 0.214. The van der Waals surface area contributed by atoms with E-state index in [9.17, 15) is 0 Å². The molecule has 1 aliphatic rings. The highest BCUT2D eigenvalue weighted by molar-refractivity contribution is 5.85. The molecule has 0 amide bonds. The number of aromatic nitrogens is 1. The fourth-order valence-electron chi connectivity index (χ4n) is 1.96. The molecule has 0 aliphatic carbocycles. The molecule has 0 saturated heterocycles. The highest BCUT2D eigenvalue weighted by Gasteiger charge is 2.31. The number of anilines is 3. The van der Waals surface area contributed by atoms with Gasteiger partial charge in [0, 0.05) is 31.8 Å². The van der Waals surface area contributed by atoms with Gasteiger partial charge in [0.2, 0.25) is 5.79 Å². The largest absolute Gasteiger partial charge is 0.449 e. The average molecular weight is 294 g/mol. The number of nitrogens with two attached hydrogens (primary N) is 1. The zero-order valence-electron chi connectivity index (χ0n) is 11.2. The Labute approximate surface area is 123 Å². The van der Waals surface area contributed by atoms with Crippen LogP contribution in [0.1, 0.15) is 13.8 Å². The number of rotatable bonds is 2. The lowest BCUT2D eigenvalue weighted by Gasteiger charge is -2.16. The maximum atomic E-state index is 5.84. The number of hydrogen-bond donors (Lipinski definition) is 2. The summed E-state index contributed by atoms with van der Waals surface area (Å²) in [5.74, 6) is 1.46. The van der Waals surface area contributed by atoms with E-state index in [4.69, 9.17) is 15.2 Å². The maximum absolute atomic E-state index is 5.84. The first-order valence-corrected chi connectivity index (χ1v) is 6.03. The summed E-state index contributed by atoms with van der Waals surface area (Å²) in [6, 6.07) is 9.23. The van der Waals surface area contributed by atoms with Crippen LogP contribution >= 0.6 is 12.4 Å². The molecule has 20 heavy (non-hydrogen) atoms. The van der Waals surface area contributed by atoms with Gasteiger partial charge >= 0.3 is 0 Å². The van der Waals surface area contributed by atoms with Crippen molar-refractivity contribution >= 4 is 29.6 Å². The van der Waals surface area contributed by atoms with E-state index in [0.29, 0.717) is 17.3 Å². The van der Waals surface area contributed by atoms with Gasteiger partial charge < -0.3 is 20.5 Å². The van der Waals surface area contributed by atoms with Gasteiger partial charge in [-0.3, -0.25) is 0 Å². The van der Waals surface area contributed by atoms with Crippen molar-refractivity contribution in [1.82, 2.24) is 4.98 Å². The van der Waals surface area contributed by atoms with E-state index in [1.165, 1.54) is 0 Å². The van der Waals surface area contributed by atoms with Crippen molar-refractivity contribution in [2.24, 2.45) is 0 Å². The number of benzene rings is 1. The summed E-state index contributed by atoms with van der Waals surface area (Å²) in [4.78, 5) is 4.19. The third-order valence-electron chi connectivity index (χ3n) is 2.76. The first-order valence-electron chi connectivity index (χ1n) is 6.03. The molecule has 1 aromatic heterocycles. The van der Waals surface area contributed by atoms with E-state index in [1.54, 1.807) is 18.3 Å². The Bertz CT molecular complexity index is 632. The van der Waals surface area contributed by atoms with Gasteiger partial charge in [0.15, 0.2) is 17.3 Å². The van der Waals surface area contributed by atoms with Crippen molar-refractivity contribution in [2.75, 3.05) is 11.1 Å². The van der Waals surface area contributed by atoms with Crippen molar-refractivity contribution in [3.63, 3.8) is 0 Å². The van der Waals surface area contributed by atoms with E-state index < -0.39 is 5.79 Å². The van der Waals surface area contributed by atoms with Crippen LogP contribution in [0.4, 0.5) is 17.2 Å². The second kappa shape index (κ2) is 5.09. The Morgan fingerprint density at radius 2 is 1.90 bits per heavy atom. The van der Waals surface area contributed by atoms with Crippen molar-refractivity contribution in [3.05, 3.63) is 36.5 Å². The average Bonchev–Trinajstić information content (AvgIpc) is 2.65. The Morgan fingerprint density at radius 3 is 2.65 bits per heavy atom. The topological polar surface area (TPSA) is 69.4 Å². The molecule has 3 N–H and O–H groups in total. The monoisotopic (exact) mass is 293 g/mol. The predicted octanol–water partition coefficient (Wildman–Crippen LogP) is 3.34. The van der Waals surface area contributed by atoms with Crippen LogP contribution in [0, 0.1) is 0 Å². The number of halogens is 1. The molecule has 1 aliphatic heterocycles. The summed E-state index contributed by atoms with van der Waals surface area (Å²) >= 11 is 0. The van der Waals surface area contributed by atoms with Crippen LogP contribution in [0.25, 0.3) is 0 Å². The smallest absolute Gasteiger partial charge is 0.246 e. The molecule has 3 rings (SSSR count). The SMILES string of the molecule is CC1(C)Oc2ccc(Nc3ncccc3N)cc2O1.Cl. The Hall–Kier alpha value is -2.14. The Kier molecular flexibility index (Phi) is 3.63. The predicted molar refractivity (Wildman–Crippen MR) is 81.0 cm³/mol. The van der Waals surface area contributed by atoms with Gasteiger partial charge in [0.1, 0.15) is 0 Å². The van der Waals surface area contributed by atoms with E-state index in [2.05, 4.69) is 10.3 Å². The van der Waals surface area contributed by atoms with Crippen LogP contribution in [-0.2, 0) is 0 Å². The molecule has 0 bridgehead atoms. The number of pyridine rings is 1. The van der Waals surface area contributed by atoms with Gasteiger partial charge in [-0.05, 0) is 24.3 Å². The number of ether oxygens (including phenoxy) is 2. The van der Waals surface area contributed by atoms with Crippen LogP contribution < -0.4 is 20.5 Å². The van der Waals surface area contributed by atoms with Crippen LogP contribution in [0.15, 0.2) is 36.5 Å². The molecule has 106 valence electrons. The number of fused-ring (bicyclic) bond motifs is 1. The van der Waals surface area contributed by atoms with E-state index in [0.717, 1.165) is 11.4 Å². The van der Waals surface area contributed by atoms with Crippen LogP contribution in [0.5, 0.6) is 11.5 Å². The summed E-state index contributed by atoms with van der Waals surface area (Å²) in [6.45, 7) is 3.74. The van der Waals surface area contributed by atoms with E-state index >= 15 is 0 Å². The minimum atomic E-state index is -0.620. The molecule has 2 heterocycles. The zero-order valence-corrected chi connectivity index (χ0v) is 12.0. The number of nitrogens with zero attached hydrogens (tertiary/aromatic N) is 1. The molecule has 1 aromatic carbocycles. The van der Waals surface area contributed by atoms with Gasteiger partial charge in [-0.2, -0.15) is 0 Å². The summed E-state index contributed by atoms with van der Waals surface area (Å²) < 4.78 is 11.3. The quantitative estimate of drug-likeness (QED) is 0.889. The molecule has 0 saturated carbocycles. The minimum absolute atomic E-state index is 0. The second-order valence-electron chi connectivity index (χ2n) is 4.83. The van der Waals surface area contributed by atoms with Gasteiger partial charge in [-0.15, -0.1) is 12.4 Å². The maximum Gasteiger partial charge on any atom is 0.246 e. The highest BCUT2D eigenvalue weighted by atomic mass is 35.5. The molecule has 0 radical (unpaired) electrons. The standard InChI is InChI=1S/C14H15N3O2.ClH/c1-14(2)18-11-6-5-9(8-12(11)19-14)17-13-10(15)4-3-7-16-13;/h3-8H,15H2,1-2H3,(H,16,17);1H. The lowest BCUT2D eigenvalue weighted by Crippen LogP contribution is -2.29. The first-order chi connectivity index (χ1) is 9.03. The highest BCUT2D eigenvalue weighted by Crippen LogP contribution is 2.41. The molecule has 2 aromatic rings. The number of nitrogen functional groups attached to an aromatic ring is 1. The molecular weight excluding hydrogens is 278 g/mol. The van der Waals surface area contributed by atoms with Crippen LogP contribution in [0.2, 0.25) is 0 Å². The molecule has 0 fully saturated rings. The van der Waals surface area contributed by atoms with Crippen molar-refractivity contribution < 1.29 is 9.47 Å². The lowest BCUT2D eigenvalue weighted by molar-refractivity contribution is -0.0431.